The van der Waals surface area contributed by atoms with Crippen molar-refractivity contribution < 1.29 is 8.83 Å². The summed E-state index contributed by atoms with van der Waals surface area (Å²) < 4.78 is 13.2. The SMILES string of the molecule is c1ccc(-c2ccc3ccccc3c2-c2ccc(N(c3ccc4c(c3)oc3ccccc34)c3ccc(-c4ccccc4)c4oc5ccccc5c34)cc2)cc1. The van der Waals surface area contributed by atoms with Crippen LogP contribution in [0.5, 0.6) is 0 Å². The third kappa shape index (κ3) is 5.13. The molecule has 0 saturated carbocycles. The van der Waals surface area contributed by atoms with Crippen LogP contribution < -0.4 is 4.90 Å². The fraction of sp³-hybridized carbons (Fsp3) is 0. The molecule has 0 atom stereocenters. The Morgan fingerprint density at radius 2 is 0.927 bits per heavy atom. The zero-order chi connectivity index (χ0) is 36.3. The van der Waals surface area contributed by atoms with Crippen molar-refractivity contribution in [2.24, 2.45) is 0 Å². The normalized spacial score (nSPS) is 11.6. The second-order valence-corrected chi connectivity index (χ2v) is 14.0. The number of furan rings is 2. The Balaban J connectivity index is 1.15. The number of benzene rings is 9. The molecular formula is C52H33NO2. The van der Waals surface area contributed by atoms with Crippen LogP contribution >= 0.6 is 0 Å². The van der Waals surface area contributed by atoms with Crippen LogP contribution in [0.1, 0.15) is 0 Å². The maximum atomic E-state index is 6.74. The molecule has 3 heteroatoms. The zero-order valence-corrected chi connectivity index (χ0v) is 29.8. The van der Waals surface area contributed by atoms with Gasteiger partial charge in [-0.25, -0.2) is 0 Å². The number of hydrogen-bond donors (Lipinski definition) is 0. The highest BCUT2D eigenvalue weighted by atomic mass is 16.3. The van der Waals surface area contributed by atoms with Gasteiger partial charge in [0.2, 0.25) is 0 Å². The van der Waals surface area contributed by atoms with Crippen molar-refractivity contribution in [3.05, 3.63) is 200 Å². The molecule has 0 amide bonds. The molecule has 0 aliphatic rings. The van der Waals surface area contributed by atoms with E-state index in [9.17, 15) is 0 Å². The van der Waals surface area contributed by atoms with Gasteiger partial charge in [-0.3, -0.25) is 0 Å². The summed E-state index contributed by atoms with van der Waals surface area (Å²) in [6.07, 6.45) is 0. The molecule has 3 nitrogen and oxygen atoms in total. The molecule has 0 N–H and O–H groups in total. The first-order chi connectivity index (χ1) is 27.3. The number of rotatable bonds is 6. The summed E-state index contributed by atoms with van der Waals surface area (Å²) in [5.41, 5.74) is 13.4. The van der Waals surface area contributed by atoms with E-state index in [0.29, 0.717) is 0 Å². The van der Waals surface area contributed by atoms with Crippen molar-refractivity contribution in [2.75, 3.05) is 4.90 Å². The minimum atomic E-state index is 0.845. The van der Waals surface area contributed by atoms with Crippen LogP contribution in [0.3, 0.4) is 0 Å². The van der Waals surface area contributed by atoms with E-state index in [4.69, 9.17) is 8.83 Å². The van der Waals surface area contributed by atoms with Crippen LogP contribution in [-0.4, -0.2) is 0 Å². The Hall–Kier alpha value is -7.36. The van der Waals surface area contributed by atoms with E-state index in [2.05, 4.69) is 181 Å². The van der Waals surface area contributed by atoms with Crippen molar-refractivity contribution >= 4 is 71.7 Å². The maximum absolute atomic E-state index is 6.74. The molecule has 11 aromatic rings. The van der Waals surface area contributed by atoms with Gasteiger partial charge >= 0.3 is 0 Å². The average Bonchev–Trinajstić information content (AvgIpc) is 3.83. The predicted octanol–water partition coefficient (Wildman–Crippen LogP) is 15.1. The topological polar surface area (TPSA) is 29.5 Å². The van der Waals surface area contributed by atoms with E-state index in [1.807, 2.05) is 24.3 Å². The summed E-state index contributed by atoms with van der Waals surface area (Å²) in [5, 5.41) is 6.78. The first kappa shape index (κ1) is 31.2. The Bertz CT molecular complexity index is 3190. The summed E-state index contributed by atoms with van der Waals surface area (Å²) >= 11 is 0. The Morgan fingerprint density at radius 1 is 0.345 bits per heavy atom. The molecule has 0 spiro atoms. The molecule has 258 valence electrons. The van der Waals surface area contributed by atoms with Crippen LogP contribution in [-0.2, 0) is 0 Å². The molecule has 0 radical (unpaired) electrons. The Morgan fingerprint density at radius 3 is 1.69 bits per heavy atom. The first-order valence-electron chi connectivity index (χ1n) is 18.7. The van der Waals surface area contributed by atoms with Crippen LogP contribution in [0.4, 0.5) is 17.1 Å². The smallest absolute Gasteiger partial charge is 0.145 e. The molecule has 55 heavy (non-hydrogen) atoms. The van der Waals surface area contributed by atoms with Crippen LogP contribution in [0.25, 0.3) is 88.0 Å². The van der Waals surface area contributed by atoms with Crippen molar-refractivity contribution in [1.82, 2.24) is 0 Å². The van der Waals surface area contributed by atoms with E-state index in [1.54, 1.807) is 0 Å². The third-order valence-electron chi connectivity index (χ3n) is 10.9. The monoisotopic (exact) mass is 703 g/mol. The molecule has 0 saturated heterocycles. The summed E-state index contributed by atoms with van der Waals surface area (Å²) in [5.74, 6) is 0. The summed E-state index contributed by atoms with van der Waals surface area (Å²) in [6.45, 7) is 0. The number of nitrogens with zero attached hydrogens (tertiary/aromatic N) is 1. The highest BCUT2D eigenvalue weighted by Gasteiger charge is 2.23. The number of para-hydroxylation sites is 2. The fourth-order valence-electron chi connectivity index (χ4n) is 8.34. The molecule has 2 aromatic heterocycles. The second kappa shape index (κ2) is 12.6. The Labute approximate surface area is 317 Å². The van der Waals surface area contributed by atoms with Gasteiger partial charge in [0.15, 0.2) is 0 Å². The van der Waals surface area contributed by atoms with Crippen LogP contribution in [0.2, 0.25) is 0 Å². The van der Waals surface area contributed by atoms with E-state index in [-0.39, 0.29) is 0 Å². The van der Waals surface area contributed by atoms with Crippen molar-refractivity contribution in [1.29, 1.82) is 0 Å². The largest absolute Gasteiger partial charge is 0.456 e. The molecule has 9 aromatic carbocycles. The number of anilines is 3. The summed E-state index contributed by atoms with van der Waals surface area (Å²) in [7, 11) is 0. The third-order valence-corrected chi connectivity index (χ3v) is 10.9. The molecule has 0 unspecified atom stereocenters. The molecule has 0 bridgehead atoms. The van der Waals surface area contributed by atoms with Gasteiger partial charge < -0.3 is 13.7 Å². The molecule has 2 heterocycles. The van der Waals surface area contributed by atoms with Gasteiger partial charge in [-0.1, -0.05) is 146 Å². The predicted molar refractivity (Wildman–Crippen MR) is 229 cm³/mol. The van der Waals surface area contributed by atoms with Gasteiger partial charge in [-0.05, 0) is 87.1 Å². The quantitative estimate of drug-likeness (QED) is 0.173. The lowest BCUT2D eigenvalue weighted by atomic mass is 9.89. The lowest BCUT2D eigenvalue weighted by molar-refractivity contribution is 0.669. The van der Waals surface area contributed by atoms with Crippen molar-refractivity contribution in [2.45, 2.75) is 0 Å². The van der Waals surface area contributed by atoms with E-state index < -0.39 is 0 Å². The lowest BCUT2D eigenvalue weighted by Gasteiger charge is -2.27. The fourth-order valence-corrected chi connectivity index (χ4v) is 8.34. The molecule has 0 aliphatic heterocycles. The highest BCUT2D eigenvalue weighted by Crippen LogP contribution is 2.47. The van der Waals surface area contributed by atoms with Gasteiger partial charge in [-0.15, -0.1) is 0 Å². The molecular weight excluding hydrogens is 671 g/mol. The van der Waals surface area contributed by atoms with E-state index >= 15 is 0 Å². The van der Waals surface area contributed by atoms with E-state index in [1.165, 1.54) is 27.5 Å². The highest BCUT2D eigenvalue weighted by molar-refractivity contribution is 6.17. The van der Waals surface area contributed by atoms with Crippen molar-refractivity contribution in [3.63, 3.8) is 0 Å². The molecule has 11 rings (SSSR count). The minimum Gasteiger partial charge on any atom is -0.456 e. The number of hydrogen-bond acceptors (Lipinski definition) is 3. The average molecular weight is 704 g/mol. The van der Waals surface area contributed by atoms with Gasteiger partial charge in [0.05, 0.1) is 11.1 Å². The van der Waals surface area contributed by atoms with Gasteiger partial charge in [0.1, 0.15) is 22.3 Å². The summed E-state index contributed by atoms with van der Waals surface area (Å²) in [4.78, 5) is 2.34. The van der Waals surface area contributed by atoms with Crippen LogP contribution in [0, 0.1) is 0 Å². The Kier molecular flexibility index (Phi) is 7.17. The molecule has 0 aliphatic carbocycles. The van der Waals surface area contributed by atoms with E-state index in [0.717, 1.165) is 77.6 Å². The first-order valence-corrected chi connectivity index (χ1v) is 18.7. The maximum Gasteiger partial charge on any atom is 0.145 e. The minimum absolute atomic E-state index is 0.845. The second-order valence-electron chi connectivity index (χ2n) is 14.0. The van der Waals surface area contributed by atoms with Gasteiger partial charge in [0.25, 0.3) is 0 Å². The zero-order valence-electron chi connectivity index (χ0n) is 29.8. The molecule has 0 fully saturated rings. The lowest BCUT2D eigenvalue weighted by Crippen LogP contribution is -2.10. The summed E-state index contributed by atoms with van der Waals surface area (Å²) in [6, 6.07) is 70.9. The standard InChI is InChI=1S/C52H33NO2/c1-3-13-34(14-4-1)41-29-25-36-17-7-8-18-40(36)50(41)37-23-26-38(27-24-37)53(39-28-30-44-43-19-9-11-21-47(43)54-49(44)33-39)46-32-31-42(35-15-5-2-6-16-35)52-51(46)45-20-10-12-22-48(45)55-52/h1-33H. The number of fused-ring (bicyclic) bond motifs is 7. The van der Waals surface area contributed by atoms with Crippen molar-refractivity contribution in [3.8, 4) is 33.4 Å². The van der Waals surface area contributed by atoms with Crippen LogP contribution in [0.15, 0.2) is 209 Å². The van der Waals surface area contributed by atoms with Gasteiger partial charge in [-0.2, -0.15) is 0 Å². The van der Waals surface area contributed by atoms with Gasteiger partial charge in [0, 0.05) is 39.2 Å².